The number of aromatic amines is 1. The van der Waals surface area contributed by atoms with Gasteiger partial charge in [0.15, 0.2) is 5.82 Å². The summed E-state index contributed by atoms with van der Waals surface area (Å²) in [5, 5.41) is 0.698. The average molecular weight is 330 g/mol. The Morgan fingerprint density at radius 2 is 2.04 bits per heavy atom. The Balaban J connectivity index is 1.78. The van der Waals surface area contributed by atoms with Crippen molar-refractivity contribution in [3.05, 3.63) is 46.9 Å². The predicted molar refractivity (Wildman–Crippen MR) is 88.8 cm³/mol. The number of imidazole rings is 1. The summed E-state index contributed by atoms with van der Waals surface area (Å²) in [7, 11) is 0. The van der Waals surface area contributed by atoms with Crippen molar-refractivity contribution in [2.45, 2.75) is 25.9 Å². The maximum Gasteiger partial charge on any atom is 0.280 e. The summed E-state index contributed by atoms with van der Waals surface area (Å²) in [4.78, 5) is 28.3. The molecule has 1 N–H and O–H groups in total. The molecule has 0 unspecified atom stereocenters. The molecular weight excluding hydrogens is 314 g/mol. The Kier molecular flexibility index (Phi) is 2.99. The number of hydrogen-bond donors (Lipinski definition) is 1. The molecule has 1 aromatic carbocycles. The van der Waals surface area contributed by atoms with Gasteiger partial charge in [-0.05, 0) is 31.5 Å². The zero-order chi connectivity index (χ0) is 16.2. The molecule has 6 nitrogen and oxygen atoms in total. The number of halogens is 1. The number of anilines is 1. The molecule has 2 aliphatic rings. The number of nitrogens with one attached hydrogen (secondary N) is 1. The van der Waals surface area contributed by atoms with Crippen LogP contribution in [0.25, 0.3) is 0 Å². The second-order valence-corrected chi connectivity index (χ2v) is 6.87. The number of aromatic nitrogens is 2. The topological polar surface area (TPSA) is 64.6 Å². The molecule has 1 amide bonds. The van der Waals surface area contributed by atoms with Gasteiger partial charge in [0.2, 0.25) is 5.96 Å². The van der Waals surface area contributed by atoms with Crippen LogP contribution in [0.3, 0.4) is 0 Å². The molecule has 0 radical (unpaired) electrons. The number of guanidine groups is 1. The van der Waals surface area contributed by atoms with Gasteiger partial charge < -0.3 is 4.98 Å². The van der Waals surface area contributed by atoms with Gasteiger partial charge in [-0.15, -0.1) is 0 Å². The predicted octanol–water partition coefficient (Wildman–Crippen LogP) is 2.67. The van der Waals surface area contributed by atoms with Crippen molar-refractivity contribution in [1.29, 1.82) is 0 Å². The number of amides is 1. The Bertz CT molecular complexity index is 808. The zero-order valence-corrected chi connectivity index (χ0v) is 13.6. The molecule has 3 heterocycles. The molecule has 23 heavy (non-hydrogen) atoms. The Hall–Kier alpha value is -2.34. The highest BCUT2D eigenvalue weighted by Crippen LogP contribution is 2.33. The van der Waals surface area contributed by atoms with Gasteiger partial charge in [0.05, 0.1) is 25.0 Å². The summed E-state index contributed by atoms with van der Waals surface area (Å²) < 4.78 is 0. The summed E-state index contributed by atoms with van der Waals surface area (Å²) in [6, 6.07) is 7.65. The molecule has 0 spiro atoms. The van der Waals surface area contributed by atoms with Crippen molar-refractivity contribution in [3.63, 3.8) is 0 Å². The summed E-state index contributed by atoms with van der Waals surface area (Å²) >= 11 is 5.96. The molecule has 4 rings (SSSR count). The van der Waals surface area contributed by atoms with E-state index in [1.165, 1.54) is 0 Å². The first-order chi connectivity index (χ1) is 10.9. The third kappa shape index (κ3) is 2.30. The van der Waals surface area contributed by atoms with Crippen LogP contribution >= 0.6 is 11.6 Å². The highest BCUT2D eigenvalue weighted by atomic mass is 35.5. The van der Waals surface area contributed by atoms with Crippen molar-refractivity contribution in [1.82, 2.24) is 14.9 Å². The first-order valence-electron chi connectivity index (χ1n) is 7.42. The Morgan fingerprint density at radius 3 is 2.78 bits per heavy atom. The van der Waals surface area contributed by atoms with Crippen molar-refractivity contribution in [3.8, 4) is 0 Å². The van der Waals surface area contributed by atoms with Crippen LogP contribution in [-0.4, -0.2) is 38.8 Å². The number of rotatable bonds is 2. The van der Waals surface area contributed by atoms with Crippen LogP contribution in [0.2, 0.25) is 5.02 Å². The highest BCUT2D eigenvalue weighted by molar-refractivity contribution is 6.30. The standard InChI is InChI=1S/C16H16ClN5O/c1-16(2)8-22-14(23)12-13(19-9-18-12)21(15(22)20-16)7-10-3-5-11(17)6-4-10/h3-6,9H,7-8H2,1-2H3,(H,18,19). The fourth-order valence-corrected chi connectivity index (χ4v) is 3.12. The van der Waals surface area contributed by atoms with Gasteiger partial charge in [-0.3, -0.25) is 14.6 Å². The largest absolute Gasteiger partial charge is 0.339 e. The monoisotopic (exact) mass is 329 g/mol. The molecule has 0 atom stereocenters. The van der Waals surface area contributed by atoms with Gasteiger partial charge in [0, 0.05) is 5.02 Å². The molecule has 0 fully saturated rings. The van der Waals surface area contributed by atoms with Gasteiger partial charge >= 0.3 is 0 Å². The molecule has 1 aromatic heterocycles. The van der Waals surface area contributed by atoms with E-state index in [0.717, 1.165) is 5.56 Å². The van der Waals surface area contributed by atoms with E-state index in [0.29, 0.717) is 35.6 Å². The molecular formula is C16H16ClN5O. The number of nitrogens with zero attached hydrogens (tertiary/aromatic N) is 4. The fourth-order valence-electron chi connectivity index (χ4n) is 2.99. The van der Waals surface area contributed by atoms with Gasteiger partial charge in [0.25, 0.3) is 5.91 Å². The van der Waals surface area contributed by atoms with E-state index in [2.05, 4.69) is 9.97 Å². The van der Waals surface area contributed by atoms with Crippen LogP contribution in [0, 0.1) is 0 Å². The van der Waals surface area contributed by atoms with Crippen LogP contribution < -0.4 is 4.90 Å². The smallest absolute Gasteiger partial charge is 0.280 e. The lowest BCUT2D eigenvalue weighted by molar-refractivity contribution is 0.0833. The third-order valence-corrected chi connectivity index (χ3v) is 4.27. The second kappa shape index (κ2) is 4.83. The van der Waals surface area contributed by atoms with Crippen molar-refractivity contribution in [2.24, 2.45) is 4.99 Å². The molecule has 0 saturated carbocycles. The van der Waals surface area contributed by atoms with Crippen molar-refractivity contribution < 1.29 is 4.79 Å². The van der Waals surface area contributed by atoms with Gasteiger partial charge in [0.1, 0.15) is 5.69 Å². The van der Waals surface area contributed by atoms with E-state index in [-0.39, 0.29) is 11.4 Å². The van der Waals surface area contributed by atoms with E-state index in [4.69, 9.17) is 16.6 Å². The number of hydrogen-bond acceptors (Lipinski definition) is 4. The zero-order valence-electron chi connectivity index (χ0n) is 12.9. The number of fused-ring (bicyclic) bond motifs is 2. The third-order valence-electron chi connectivity index (χ3n) is 4.02. The number of carbonyl (C=O) groups excluding carboxylic acids is 1. The summed E-state index contributed by atoms with van der Waals surface area (Å²) in [5.41, 5.74) is 1.29. The molecule has 0 aliphatic carbocycles. The Labute approximate surface area is 138 Å². The molecule has 7 heteroatoms. The number of carbonyl (C=O) groups is 1. The van der Waals surface area contributed by atoms with E-state index >= 15 is 0 Å². The first-order valence-corrected chi connectivity index (χ1v) is 7.79. The van der Waals surface area contributed by atoms with E-state index in [1.54, 1.807) is 11.2 Å². The normalized spacial score (nSPS) is 18.7. The molecule has 2 aliphatic heterocycles. The van der Waals surface area contributed by atoms with Gasteiger partial charge in [-0.1, -0.05) is 23.7 Å². The van der Waals surface area contributed by atoms with Gasteiger partial charge in [-0.25, -0.2) is 9.98 Å². The van der Waals surface area contributed by atoms with E-state index < -0.39 is 0 Å². The SMILES string of the molecule is CC1(C)CN2C(=O)c3[nH]cnc3N(Cc3ccc(Cl)cc3)C2=N1. The van der Waals surface area contributed by atoms with Crippen LogP contribution in [0.15, 0.2) is 35.6 Å². The summed E-state index contributed by atoms with van der Waals surface area (Å²) in [6.45, 7) is 5.19. The first kappa shape index (κ1) is 14.3. The number of H-pyrrole nitrogens is 1. The Morgan fingerprint density at radius 1 is 1.30 bits per heavy atom. The van der Waals surface area contributed by atoms with Crippen molar-refractivity contribution in [2.75, 3.05) is 11.4 Å². The van der Waals surface area contributed by atoms with E-state index in [1.807, 2.05) is 43.0 Å². The van der Waals surface area contributed by atoms with Crippen molar-refractivity contribution >= 4 is 29.3 Å². The number of benzene rings is 1. The highest BCUT2D eigenvalue weighted by Gasteiger charge is 2.44. The lowest BCUT2D eigenvalue weighted by Gasteiger charge is -2.33. The maximum absolute atomic E-state index is 12.6. The summed E-state index contributed by atoms with van der Waals surface area (Å²) in [5.74, 6) is 1.21. The van der Waals surface area contributed by atoms with Crippen LogP contribution in [0.4, 0.5) is 5.82 Å². The average Bonchev–Trinajstić information content (AvgIpc) is 3.10. The molecule has 2 aromatic rings. The lowest BCUT2D eigenvalue weighted by Crippen LogP contribution is -2.50. The molecule has 0 bridgehead atoms. The quantitative estimate of drug-likeness (QED) is 0.921. The maximum atomic E-state index is 12.6. The minimum absolute atomic E-state index is 0.0748. The minimum atomic E-state index is -0.299. The fraction of sp³-hybridized carbons (Fsp3) is 0.312. The second-order valence-electron chi connectivity index (χ2n) is 6.43. The number of aliphatic imine (C=N–C) groups is 1. The van der Waals surface area contributed by atoms with Gasteiger partial charge in [-0.2, -0.15) is 0 Å². The lowest BCUT2D eigenvalue weighted by atomic mass is 10.1. The molecule has 0 saturated heterocycles. The minimum Gasteiger partial charge on any atom is -0.339 e. The van der Waals surface area contributed by atoms with E-state index in [9.17, 15) is 4.79 Å². The van der Waals surface area contributed by atoms with Crippen LogP contribution in [0.1, 0.15) is 29.9 Å². The summed E-state index contributed by atoms with van der Waals surface area (Å²) in [6.07, 6.45) is 1.55. The van der Waals surface area contributed by atoms with Crippen LogP contribution in [0.5, 0.6) is 0 Å². The molecule has 118 valence electrons. The van der Waals surface area contributed by atoms with Crippen LogP contribution in [-0.2, 0) is 6.54 Å².